The number of hydrogen-bond donors (Lipinski definition) is 0. The third-order valence-electron chi connectivity index (χ3n) is 1.73. The van der Waals surface area contributed by atoms with Crippen molar-refractivity contribution in [2.24, 2.45) is 0 Å². The van der Waals surface area contributed by atoms with E-state index in [1.54, 1.807) is 0 Å². The second-order valence-corrected chi connectivity index (χ2v) is 2.96. The molecule has 0 aliphatic heterocycles. The number of halogens is 2. The standard InChI is InChI=1S/C9H10F2N2O/c1-9(10,11)8(14)13(2)7-3-5-12-6-4-7/h3-6H,1-2H3. The number of amides is 1. The van der Waals surface area contributed by atoms with E-state index in [1.165, 1.54) is 31.6 Å². The molecule has 5 heteroatoms. The van der Waals surface area contributed by atoms with Crippen molar-refractivity contribution in [1.82, 2.24) is 4.98 Å². The van der Waals surface area contributed by atoms with Crippen molar-refractivity contribution >= 4 is 11.6 Å². The highest BCUT2D eigenvalue weighted by molar-refractivity contribution is 5.97. The summed E-state index contributed by atoms with van der Waals surface area (Å²) in [4.78, 5) is 15.7. The van der Waals surface area contributed by atoms with Gasteiger partial charge in [0.2, 0.25) is 0 Å². The van der Waals surface area contributed by atoms with Crippen LogP contribution in [-0.4, -0.2) is 23.9 Å². The molecule has 0 bridgehead atoms. The number of nitrogens with zero attached hydrogens (tertiary/aromatic N) is 2. The molecule has 0 aliphatic rings. The van der Waals surface area contributed by atoms with E-state index < -0.39 is 11.8 Å². The lowest BCUT2D eigenvalue weighted by Gasteiger charge is -2.20. The number of anilines is 1. The van der Waals surface area contributed by atoms with Gasteiger partial charge in [-0.05, 0) is 12.1 Å². The summed E-state index contributed by atoms with van der Waals surface area (Å²) in [5.41, 5.74) is 0.395. The third-order valence-corrected chi connectivity index (χ3v) is 1.73. The zero-order chi connectivity index (χ0) is 10.8. The molecule has 0 fully saturated rings. The SMILES string of the molecule is CN(C(=O)C(C)(F)F)c1ccncc1. The molecule has 0 aromatic carbocycles. The first-order chi connectivity index (χ1) is 6.43. The average Bonchev–Trinajstić information content (AvgIpc) is 2.15. The molecule has 14 heavy (non-hydrogen) atoms. The number of alkyl halides is 2. The van der Waals surface area contributed by atoms with Gasteiger partial charge in [0.15, 0.2) is 0 Å². The number of hydrogen-bond acceptors (Lipinski definition) is 2. The van der Waals surface area contributed by atoms with Gasteiger partial charge in [-0.1, -0.05) is 0 Å². The Bertz CT molecular complexity index is 321. The van der Waals surface area contributed by atoms with Crippen LogP contribution in [0.4, 0.5) is 14.5 Å². The van der Waals surface area contributed by atoms with Gasteiger partial charge in [0, 0.05) is 32.1 Å². The zero-order valence-electron chi connectivity index (χ0n) is 7.87. The number of aromatic nitrogens is 1. The van der Waals surface area contributed by atoms with E-state index in [4.69, 9.17) is 0 Å². The predicted octanol–water partition coefficient (Wildman–Crippen LogP) is 1.70. The minimum atomic E-state index is -3.35. The van der Waals surface area contributed by atoms with Gasteiger partial charge < -0.3 is 4.90 Å². The summed E-state index contributed by atoms with van der Waals surface area (Å²) in [6, 6.07) is 2.98. The molecule has 3 nitrogen and oxygen atoms in total. The molecule has 0 saturated heterocycles. The Morgan fingerprint density at radius 2 is 1.93 bits per heavy atom. The van der Waals surface area contributed by atoms with Gasteiger partial charge in [0.1, 0.15) is 0 Å². The first kappa shape index (κ1) is 10.6. The van der Waals surface area contributed by atoms with Crippen LogP contribution in [0.2, 0.25) is 0 Å². The highest BCUT2D eigenvalue weighted by Gasteiger charge is 2.35. The van der Waals surface area contributed by atoms with E-state index in [9.17, 15) is 13.6 Å². The number of rotatable bonds is 2. The first-order valence-electron chi connectivity index (χ1n) is 3.99. The summed E-state index contributed by atoms with van der Waals surface area (Å²) in [6.45, 7) is 0.576. The third kappa shape index (κ3) is 2.25. The quantitative estimate of drug-likeness (QED) is 0.728. The van der Waals surface area contributed by atoms with Crippen molar-refractivity contribution < 1.29 is 13.6 Å². The van der Waals surface area contributed by atoms with Crippen LogP contribution in [0.5, 0.6) is 0 Å². The average molecular weight is 200 g/mol. The summed E-state index contributed by atoms with van der Waals surface area (Å²) in [5.74, 6) is -4.58. The summed E-state index contributed by atoms with van der Waals surface area (Å²) < 4.78 is 25.3. The summed E-state index contributed by atoms with van der Waals surface area (Å²) in [5, 5.41) is 0. The fraction of sp³-hybridized carbons (Fsp3) is 0.333. The van der Waals surface area contributed by atoms with E-state index in [1.807, 2.05) is 0 Å². The van der Waals surface area contributed by atoms with Crippen LogP contribution >= 0.6 is 0 Å². The molecule has 0 radical (unpaired) electrons. The topological polar surface area (TPSA) is 33.2 Å². The smallest absolute Gasteiger partial charge is 0.310 e. The van der Waals surface area contributed by atoms with Gasteiger partial charge in [-0.3, -0.25) is 9.78 Å². The molecule has 1 heterocycles. The van der Waals surface area contributed by atoms with Crippen LogP contribution < -0.4 is 4.90 Å². The van der Waals surface area contributed by atoms with E-state index in [-0.39, 0.29) is 0 Å². The van der Waals surface area contributed by atoms with E-state index in [2.05, 4.69) is 4.98 Å². The molecule has 76 valence electrons. The van der Waals surface area contributed by atoms with E-state index >= 15 is 0 Å². The second-order valence-electron chi connectivity index (χ2n) is 2.96. The normalized spacial score (nSPS) is 11.1. The van der Waals surface area contributed by atoms with Crippen molar-refractivity contribution in [2.45, 2.75) is 12.8 Å². The Kier molecular flexibility index (Phi) is 2.78. The first-order valence-corrected chi connectivity index (χ1v) is 3.99. The lowest BCUT2D eigenvalue weighted by atomic mass is 10.3. The van der Waals surface area contributed by atoms with Crippen LogP contribution in [0.25, 0.3) is 0 Å². The molecule has 1 rings (SSSR count). The van der Waals surface area contributed by atoms with Crippen molar-refractivity contribution in [1.29, 1.82) is 0 Å². The maximum absolute atomic E-state index is 12.6. The molecular formula is C9H10F2N2O. The van der Waals surface area contributed by atoms with Gasteiger partial charge in [0.25, 0.3) is 5.91 Å². The van der Waals surface area contributed by atoms with Crippen LogP contribution in [0, 0.1) is 0 Å². The molecule has 0 unspecified atom stereocenters. The van der Waals surface area contributed by atoms with Crippen molar-refractivity contribution in [3.63, 3.8) is 0 Å². The molecule has 0 aliphatic carbocycles. The monoisotopic (exact) mass is 200 g/mol. The summed E-state index contributed by atoms with van der Waals surface area (Å²) in [6.07, 6.45) is 2.87. The fourth-order valence-corrected chi connectivity index (χ4v) is 0.979. The largest absolute Gasteiger partial charge is 0.322 e. The van der Waals surface area contributed by atoms with Crippen LogP contribution in [-0.2, 0) is 4.79 Å². The predicted molar refractivity (Wildman–Crippen MR) is 48.3 cm³/mol. The van der Waals surface area contributed by atoms with Crippen LogP contribution in [0.1, 0.15) is 6.92 Å². The van der Waals surface area contributed by atoms with Crippen LogP contribution in [0.3, 0.4) is 0 Å². The lowest BCUT2D eigenvalue weighted by Crippen LogP contribution is -2.39. The highest BCUT2D eigenvalue weighted by Crippen LogP contribution is 2.19. The van der Waals surface area contributed by atoms with Crippen molar-refractivity contribution in [2.75, 3.05) is 11.9 Å². The molecule has 0 N–H and O–H groups in total. The van der Waals surface area contributed by atoms with Crippen molar-refractivity contribution in [3.8, 4) is 0 Å². The molecule has 0 atom stereocenters. The molecular weight excluding hydrogens is 190 g/mol. The van der Waals surface area contributed by atoms with Gasteiger partial charge in [0.05, 0.1) is 0 Å². The zero-order valence-corrected chi connectivity index (χ0v) is 7.87. The Morgan fingerprint density at radius 3 is 2.36 bits per heavy atom. The maximum atomic E-state index is 12.6. The Balaban J connectivity index is 2.87. The Hall–Kier alpha value is -1.52. The molecule has 1 amide bonds. The van der Waals surface area contributed by atoms with Gasteiger partial charge in [-0.2, -0.15) is 8.78 Å². The lowest BCUT2D eigenvalue weighted by molar-refractivity contribution is -0.139. The number of carbonyl (C=O) groups excluding carboxylic acids is 1. The fourth-order valence-electron chi connectivity index (χ4n) is 0.979. The van der Waals surface area contributed by atoms with E-state index in [0.29, 0.717) is 12.6 Å². The van der Waals surface area contributed by atoms with Gasteiger partial charge >= 0.3 is 5.92 Å². The Labute approximate surface area is 80.4 Å². The molecule has 1 aromatic rings. The Morgan fingerprint density at radius 1 is 1.43 bits per heavy atom. The minimum absolute atomic E-state index is 0.395. The molecule has 0 spiro atoms. The number of pyridine rings is 1. The number of carbonyl (C=O) groups is 1. The van der Waals surface area contributed by atoms with E-state index in [0.717, 1.165) is 4.90 Å². The van der Waals surface area contributed by atoms with Crippen LogP contribution in [0.15, 0.2) is 24.5 Å². The van der Waals surface area contributed by atoms with Gasteiger partial charge in [-0.25, -0.2) is 0 Å². The minimum Gasteiger partial charge on any atom is -0.310 e. The maximum Gasteiger partial charge on any atom is 0.322 e. The summed E-state index contributed by atoms with van der Waals surface area (Å²) in [7, 11) is 1.30. The molecule has 0 saturated carbocycles. The molecule has 1 aromatic heterocycles. The summed E-state index contributed by atoms with van der Waals surface area (Å²) >= 11 is 0. The van der Waals surface area contributed by atoms with Gasteiger partial charge in [-0.15, -0.1) is 0 Å². The highest BCUT2D eigenvalue weighted by atomic mass is 19.3. The van der Waals surface area contributed by atoms with Crippen molar-refractivity contribution in [3.05, 3.63) is 24.5 Å². The second kappa shape index (κ2) is 3.69.